The van der Waals surface area contributed by atoms with E-state index in [1.807, 2.05) is 50.2 Å². The molecule has 2 N–H and O–H groups in total. The van der Waals surface area contributed by atoms with Crippen molar-refractivity contribution in [2.45, 2.75) is 20.4 Å². The Kier molecular flexibility index (Phi) is 3.85. The third kappa shape index (κ3) is 3.35. The Morgan fingerprint density at radius 3 is 2.32 bits per heavy atom. The second-order valence-corrected chi connectivity index (χ2v) is 4.69. The van der Waals surface area contributed by atoms with Gasteiger partial charge < -0.3 is 10.4 Å². The summed E-state index contributed by atoms with van der Waals surface area (Å²) in [4.78, 5) is 11.2. The van der Waals surface area contributed by atoms with E-state index >= 15 is 0 Å². The van der Waals surface area contributed by atoms with Crippen LogP contribution in [0.3, 0.4) is 0 Å². The highest BCUT2D eigenvalue weighted by Crippen LogP contribution is 2.18. The van der Waals surface area contributed by atoms with Gasteiger partial charge in [-0.1, -0.05) is 41.5 Å². The Hall–Kier alpha value is -2.29. The van der Waals surface area contributed by atoms with Crippen LogP contribution in [-0.4, -0.2) is 11.1 Å². The monoisotopic (exact) mass is 255 g/mol. The number of hydrogen-bond donors (Lipinski definition) is 2. The average molecular weight is 255 g/mol. The topological polar surface area (TPSA) is 49.3 Å². The van der Waals surface area contributed by atoms with E-state index in [0.717, 1.165) is 11.1 Å². The van der Waals surface area contributed by atoms with Gasteiger partial charge in [-0.2, -0.15) is 0 Å². The molecule has 0 spiro atoms. The van der Waals surface area contributed by atoms with Crippen LogP contribution < -0.4 is 5.32 Å². The van der Waals surface area contributed by atoms with Crippen molar-refractivity contribution >= 4 is 11.7 Å². The third-order valence-electron chi connectivity index (χ3n) is 3.01. The van der Waals surface area contributed by atoms with E-state index < -0.39 is 5.97 Å². The fraction of sp³-hybridized carbons (Fsp3) is 0.188. The van der Waals surface area contributed by atoms with Crippen molar-refractivity contribution in [1.29, 1.82) is 0 Å². The average Bonchev–Trinajstić information content (AvgIpc) is 2.39. The van der Waals surface area contributed by atoms with Crippen molar-refractivity contribution in [1.82, 2.24) is 0 Å². The molecule has 0 aliphatic rings. The number of carboxylic acid groups (broad SMARTS) is 1. The van der Waals surface area contributed by atoms with Gasteiger partial charge in [0, 0.05) is 12.2 Å². The van der Waals surface area contributed by atoms with Crippen LogP contribution in [0, 0.1) is 13.8 Å². The lowest BCUT2D eigenvalue weighted by Gasteiger charge is -2.10. The third-order valence-corrected chi connectivity index (χ3v) is 3.01. The molecule has 98 valence electrons. The Morgan fingerprint density at radius 1 is 1.05 bits per heavy atom. The van der Waals surface area contributed by atoms with Gasteiger partial charge in [-0.25, -0.2) is 4.79 Å². The zero-order chi connectivity index (χ0) is 13.8. The van der Waals surface area contributed by atoms with Crippen LogP contribution in [0.5, 0.6) is 0 Å². The van der Waals surface area contributed by atoms with E-state index in [2.05, 4.69) is 5.32 Å². The highest BCUT2D eigenvalue weighted by Gasteiger charge is 2.09. The Balaban J connectivity index is 2.15. The van der Waals surface area contributed by atoms with Crippen LogP contribution >= 0.6 is 0 Å². The molecule has 0 saturated carbocycles. The minimum absolute atomic E-state index is 0.312. The van der Waals surface area contributed by atoms with E-state index in [9.17, 15) is 9.90 Å². The van der Waals surface area contributed by atoms with Crippen molar-refractivity contribution in [2.24, 2.45) is 0 Å². The molecule has 0 aliphatic carbocycles. The fourth-order valence-electron chi connectivity index (χ4n) is 1.89. The molecule has 0 atom stereocenters. The highest BCUT2D eigenvalue weighted by atomic mass is 16.4. The number of anilines is 1. The predicted molar refractivity (Wildman–Crippen MR) is 76.6 cm³/mol. The Morgan fingerprint density at radius 2 is 1.68 bits per heavy atom. The highest BCUT2D eigenvalue weighted by molar-refractivity contribution is 5.94. The van der Waals surface area contributed by atoms with Crippen molar-refractivity contribution in [3.05, 3.63) is 64.7 Å². The van der Waals surface area contributed by atoms with Crippen LogP contribution in [-0.2, 0) is 6.54 Å². The first-order valence-corrected chi connectivity index (χ1v) is 6.19. The van der Waals surface area contributed by atoms with Gasteiger partial charge in [-0.15, -0.1) is 0 Å². The zero-order valence-corrected chi connectivity index (χ0v) is 11.1. The predicted octanol–water partition coefficient (Wildman–Crippen LogP) is 3.61. The molecule has 0 aromatic heterocycles. The second kappa shape index (κ2) is 5.57. The number of aryl methyl sites for hydroxylation is 2. The Labute approximate surface area is 112 Å². The van der Waals surface area contributed by atoms with Crippen molar-refractivity contribution < 1.29 is 9.90 Å². The van der Waals surface area contributed by atoms with E-state index in [-0.39, 0.29) is 0 Å². The van der Waals surface area contributed by atoms with E-state index in [0.29, 0.717) is 17.8 Å². The molecule has 2 rings (SSSR count). The maximum absolute atomic E-state index is 11.2. The summed E-state index contributed by atoms with van der Waals surface area (Å²) >= 11 is 0. The largest absolute Gasteiger partial charge is 0.478 e. The summed E-state index contributed by atoms with van der Waals surface area (Å²) in [5.74, 6) is -0.907. The SMILES string of the molecule is Cc1ccc(CNc2ccc(C)cc2C(=O)O)cc1. The van der Waals surface area contributed by atoms with E-state index in [4.69, 9.17) is 0 Å². The number of aromatic carboxylic acids is 1. The van der Waals surface area contributed by atoms with E-state index in [1.54, 1.807) is 6.07 Å². The summed E-state index contributed by atoms with van der Waals surface area (Å²) < 4.78 is 0. The Bertz CT molecular complexity index is 588. The molecule has 2 aromatic rings. The summed E-state index contributed by atoms with van der Waals surface area (Å²) in [6.07, 6.45) is 0. The molecule has 0 amide bonds. The summed E-state index contributed by atoms with van der Waals surface area (Å²) in [6.45, 7) is 4.54. The first-order valence-electron chi connectivity index (χ1n) is 6.19. The number of rotatable bonds is 4. The maximum atomic E-state index is 11.2. The maximum Gasteiger partial charge on any atom is 0.337 e. The van der Waals surface area contributed by atoms with Crippen LogP contribution in [0.1, 0.15) is 27.0 Å². The quantitative estimate of drug-likeness (QED) is 0.877. The lowest BCUT2D eigenvalue weighted by Crippen LogP contribution is -2.06. The van der Waals surface area contributed by atoms with Crippen LogP contribution in [0.15, 0.2) is 42.5 Å². The van der Waals surface area contributed by atoms with Gasteiger partial charge in [0.05, 0.1) is 5.56 Å². The van der Waals surface area contributed by atoms with Crippen LogP contribution in [0.2, 0.25) is 0 Å². The molecule has 0 radical (unpaired) electrons. The molecular weight excluding hydrogens is 238 g/mol. The molecule has 0 saturated heterocycles. The molecular formula is C16H17NO2. The molecule has 0 bridgehead atoms. The van der Waals surface area contributed by atoms with Crippen molar-refractivity contribution in [2.75, 3.05) is 5.32 Å². The minimum Gasteiger partial charge on any atom is -0.478 e. The lowest BCUT2D eigenvalue weighted by molar-refractivity contribution is 0.0698. The van der Waals surface area contributed by atoms with Gasteiger partial charge in [0.2, 0.25) is 0 Å². The molecule has 3 nitrogen and oxygen atoms in total. The molecule has 0 unspecified atom stereocenters. The van der Waals surface area contributed by atoms with Gasteiger partial charge in [-0.3, -0.25) is 0 Å². The number of nitrogens with one attached hydrogen (secondary N) is 1. The summed E-state index contributed by atoms with van der Waals surface area (Å²) in [5, 5.41) is 12.4. The van der Waals surface area contributed by atoms with Crippen molar-refractivity contribution in [3.63, 3.8) is 0 Å². The molecule has 3 heteroatoms. The van der Waals surface area contributed by atoms with Crippen LogP contribution in [0.4, 0.5) is 5.69 Å². The molecule has 2 aromatic carbocycles. The molecule has 0 aliphatic heterocycles. The number of hydrogen-bond acceptors (Lipinski definition) is 2. The summed E-state index contributed by atoms with van der Waals surface area (Å²) in [5.41, 5.74) is 4.25. The number of carbonyl (C=O) groups is 1. The van der Waals surface area contributed by atoms with Gasteiger partial charge >= 0.3 is 5.97 Å². The standard InChI is InChI=1S/C16H17NO2/c1-11-3-6-13(7-4-11)10-17-15-8-5-12(2)9-14(15)16(18)19/h3-9,17H,10H2,1-2H3,(H,18,19). The molecule has 0 heterocycles. The normalized spacial score (nSPS) is 10.2. The van der Waals surface area contributed by atoms with E-state index in [1.165, 1.54) is 5.56 Å². The summed E-state index contributed by atoms with van der Waals surface area (Å²) in [6, 6.07) is 13.6. The second-order valence-electron chi connectivity index (χ2n) is 4.69. The lowest BCUT2D eigenvalue weighted by atomic mass is 10.1. The summed E-state index contributed by atoms with van der Waals surface area (Å²) in [7, 11) is 0. The van der Waals surface area contributed by atoms with Gasteiger partial charge in [0.25, 0.3) is 0 Å². The number of benzene rings is 2. The van der Waals surface area contributed by atoms with Gasteiger partial charge in [0.15, 0.2) is 0 Å². The molecule has 19 heavy (non-hydrogen) atoms. The smallest absolute Gasteiger partial charge is 0.337 e. The first kappa shape index (κ1) is 13.1. The minimum atomic E-state index is -0.907. The van der Waals surface area contributed by atoms with Crippen molar-refractivity contribution in [3.8, 4) is 0 Å². The molecule has 0 fully saturated rings. The fourth-order valence-corrected chi connectivity index (χ4v) is 1.89. The number of carboxylic acids is 1. The van der Waals surface area contributed by atoms with Crippen LogP contribution in [0.25, 0.3) is 0 Å². The zero-order valence-electron chi connectivity index (χ0n) is 11.1. The van der Waals surface area contributed by atoms with Gasteiger partial charge in [0.1, 0.15) is 0 Å². The first-order chi connectivity index (χ1) is 9.06. The van der Waals surface area contributed by atoms with Gasteiger partial charge in [-0.05, 0) is 31.5 Å².